The number of thiazole rings is 1. The number of ether oxygens (including phenoxy) is 1. The second-order valence-electron chi connectivity index (χ2n) is 6.15. The Labute approximate surface area is 147 Å². The molecule has 0 aliphatic heterocycles. The van der Waals surface area contributed by atoms with Crippen LogP contribution in [0.15, 0.2) is 24.3 Å². The third-order valence-electron chi connectivity index (χ3n) is 4.30. The molecule has 5 heteroatoms. The number of likely N-dealkylation sites (N-methyl/N-ethyl adjacent to an activating group) is 1. The van der Waals surface area contributed by atoms with Crippen molar-refractivity contribution in [2.24, 2.45) is 0 Å². The zero-order valence-electron chi connectivity index (χ0n) is 14.4. The molecular formula is C19H24N2O2S. The summed E-state index contributed by atoms with van der Waals surface area (Å²) in [7, 11) is 1.85. The normalized spacial score (nSPS) is 13.4. The Morgan fingerprint density at radius 3 is 2.88 bits per heavy atom. The molecule has 0 N–H and O–H groups in total. The van der Waals surface area contributed by atoms with Crippen LogP contribution in [0.25, 0.3) is 0 Å². The predicted molar refractivity (Wildman–Crippen MR) is 96.5 cm³/mol. The topological polar surface area (TPSA) is 42.4 Å². The van der Waals surface area contributed by atoms with Crippen LogP contribution >= 0.6 is 11.3 Å². The number of para-hydroxylation sites is 1. The number of rotatable bonds is 6. The van der Waals surface area contributed by atoms with E-state index < -0.39 is 0 Å². The van der Waals surface area contributed by atoms with E-state index in [0.717, 1.165) is 29.2 Å². The smallest absolute Gasteiger partial charge is 0.227 e. The predicted octanol–water partition coefficient (Wildman–Crippen LogP) is 3.62. The van der Waals surface area contributed by atoms with Crippen LogP contribution in [0.2, 0.25) is 0 Å². The summed E-state index contributed by atoms with van der Waals surface area (Å²) in [6, 6.07) is 7.75. The van der Waals surface area contributed by atoms with Gasteiger partial charge in [-0.3, -0.25) is 4.79 Å². The van der Waals surface area contributed by atoms with Crippen LogP contribution in [0.4, 0.5) is 0 Å². The molecule has 0 fully saturated rings. The monoisotopic (exact) mass is 344 g/mol. The molecule has 3 rings (SSSR count). The molecule has 1 amide bonds. The molecule has 1 aromatic carbocycles. The van der Waals surface area contributed by atoms with Crippen LogP contribution in [0.1, 0.15) is 40.9 Å². The summed E-state index contributed by atoms with van der Waals surface area (Å²) in [6.45, 7) is 3.15. The van der Waals surface area contributed by atoms with Gasteiger partial charge in [0.05, 0.1) is 25.3 Å². The molecule has 2 aromatic rings. The average molecular weight is 344 g/mol. The van der Waals surface area contributed by atoms with Crippen LogP contribution < -0.4 is 4.74 Å². The van der Waals surface area contributed by atoms with E-state index >= 15 is 0 Å². The van der Waals surface area contributed by atoms with E-state index in [9.17, 15) is 4.79 Å². The number of aryl methyl sites for hydroxylation is 2. The lowest BCUT2D eigenvalue weighted by Crippen LogP contribution is -2.27. The molecule has 1 heterocycles. The fraction of sp³-hybridized carbons (Fsp3) is 0.474. The average Bonchev–Trinajstić information content (AvgIpc) is 2.99. The number of hydrogen-bond donors (Lipinski definition) is 0. The summed E-state index contributed by atoms with van der Waals surface area (Å²) in [4.78, 5) is 20.5. The zero-order chi connectivity index (χ0) is 16.9. The van der Waals surface area contributed by atoms with E-state index in [2.05, 4.69) is 0 Å². The molecule has 0 spiro atoms. The van der Waals surface area contributed by atoms with E-state index in [4.69, 9.17) is 9.72 Å². The van der Waals surface area contributed by atoms with Crippen LogP contribution in [0.3, 0.4) is 0 Å². The molecule has 0 unspecified atom stereocenters. The highest BCUT2D eigenvalue weighted by atomic mass is 32.1. The highest BCUT2D eigenvalue weighted by Crippen LogP contribution is 2.27. The van der Waals surface area contributed by atoms with E-state index in [1.807, 2.05) is 38.2 Å². The number of amides is 1. The molecule has 0 radical (unpaired) electrons. The Morgan fingerprint density at radius 1 is 1.29 bits per heavy atom. The SMILES string of the molecule is CCOc1ccccc1CC(=O)N(C)Cc1nc2c(s1)CCCC2. The van der Waals surface area contributed by atoms with E-state index in [1.165, 1.54) is 23.4 Å². The van der Waals surface area contributed by atoms with Crippen LogP contribution in [0, 0.1) is 0 Å². The van der Waals surface area contributed by atoms with Gasteiger partial charge in [-0.25, -0.2) is 4.98 Å². The second kappa shape index (κ2) is 7.79. The molecular weight excluding hydrogens is 320 g/mol. The molecule has 1 aromatic heterocycles. The van der Waals surface area contributed by atoms with Gasteiger partial charge in [-0.15, -0.1) is 11.3 Å². The van der Waals surface area contributed by atoms with Gasteiger partial charge in [0.2, 0.25) is 5.91 Å². The first-order chi connectivity index (χ1) is 11.7. The van der Waals surface area contributed by atoms with Crippen molar-refractivity contribution in [1.82, 2.24) is 9.88 Å². The lowest BCUT2D eigenvalue weighted by atomic mass is 10.0. The molecule has 0 bridgehead atoms. The van der Waals surface area contributed by atoms with Crippen molar-refractivity contribution >= 4 is 17.2 Å². The van der Waals surface area contributed by atoms with E-state index in [1.54, 1.807) is 16.2 Å². The number of hydrogen-bond acceptors (Lipinski definition) is 4. The van der Waals surface area contributed by atoms with E-state index in [-0.39, 0.29) is 5.91 Å². The minimum Gasteiger partial charge on any atom is -0.494 e. The summed E-state index contributed by atoms with van der Waals surface area (Å²) in [5.41, 5.74) is 2.19. The Balaban J connectivity index is 1.63. The van der Waals surface area contributed by atoms with Crippen molar-refractivity contribution < 1.29 is 9.53 Å². The van der Waals surface area contributed by atoms with Gasteiger partial charge in [0.25, 0.3) is 0 Å². The standard InChI is InChI=1S/C19H24N2O2S/c1-3-23-16-10-6-4-8-14(16)12-19(22)21(2)13-18-20-15-9-5-7-11-17(15)24-18/h4,6,8,10H,3,5,7,9,11-13H2,1-2H3. The first-order valence-corrected chi connectivity index (χ1v) is 9.41. The summed E-state index contributed by atoms with van der Waals surface area (Å²) >= 11 is 1.77. The molecule has 4 nitrogen and oxygen atoms in total. The van der Waals surface area contributed by atoms with Crippen molar-refractivity contribution in [3.8, 4) is 5.75 Å². The number of aromatic nitrogens is 1. The van der Waals surface area contributed by atoms with Gasteiger partial charge in [0.1, 0.15) is 10.8 Å². The highest BCUT2D eigenvalue weighted by Gasteiger charge is 2.18. The quantitative estimate of drug-likeness (QED) is 0.804. The van der Waals surface area contributed by atoms with Gasteiger partial charge in [-0.05, 0) is 38.7 Å². The number of carbonyl (C=O) groups is 1. The van der Waals surface area contributed by atoms with Crippen LogP contribution in [-0.2, 0) is 30.6 Å². The lowest BCUT2D eigenvalue weighted by molar-refractivity contribution is -0.129. The molecule has 0 atom stereocenters. The Hall–Kier alpha value is -1.88. The number of fused-ring (bicyclic) bond motifs is 1. The second-order valence-corrected chi connectivity index (χ2v) is 7.32. The maximum atomic E-state index is 12.6. The van der Waals surface area contributed by atoms with Crippen molar-refractivity contribution in [2.45, 2.75) is 45.6 Å². The van der Waals surface area contributed by atoms with Gasteiger partial charge in [0.15, 0.2) is 0 Å². The van der Waals surface area contributed by atoms with Crippen molar-refractivity contribution in [3.05, 3.63) is 45.4 Å². The molecule has 128 valence electrons. The number of benzene rings is 1. The van der Waals surface area contributed by atoms with Crippen LogP contribution in [0.5, 0.6) is 5.75 Å². The zero-order valence-corrected chi connectivity index (χ0v) is 15.2. The highest BCUT2D eigenvalue weighted by molar-refractivity contribution is 7.11. The maximum Gasteiger partial charge on any atom is 0.227 e. The first-order valence-electron chi connectivity index (χ1n) is 8.59. The molecule has 0 saturated heterocycles. The summed E-state index contributed by atoms with van der Waals surface area (Å²) in [5.74, 6) is 0.891. The summed E-state index contributed by atoms with van der Waals surface area (Å²) in [6.07, 6.45) is 5.09. The van der Waals surface area contributed by atoms with Gasteiger partial charge in [-0.2, -0.15) is 0 Å². The van der Waals surface area contributed by atoms with Crippen molar-refractivity contribution in [1.29, 1.82) is 0 Å². The van der Waals surface area contributed by atoms with E-state index in [0.29, 0.717) is 19.6 Å². The Morgan fingerprint density at radius 2 is 2.08 bits per heavy atom. The lowest BCUT2D eigenvalue weighted by Gasteiger charge is -2.17. The third-order valence-corrected chi connectivity index (χ3v) is 5.44. The molecule has 24 heavy (non-hydrogen) atoms. The molecule has 0 saturated carbocycles. The van der Waals surface area contributed by atoms with Crippen molar-refractivity contribution in [3.63, 3.8) is 0 Å². The van der Waals surface area contributed by atoms with Gasteiger partial charge < -0.3 is 9.64 Å². The van der Waals surface area contributed by atoms with Crippen LogP contribution in [-0.4, -0.2) is 29.4 Å². The van der Waals surface area contributed by atoms with Gasteiger partial charge in [-0.1, -0.05) is 18.2 Å². The van der Waals surface area contributed by atoms with Crippen molar-refractivity contribution in [2.75, 3.05) is 13.7 Å². The minimum atomic E-state index is 0.0929. The molecule has 1 aliphatic rings. The maximum absolute atomic E-state index is 12.6. The summed E-state index contributed by atoms with van der Waals surface area (Å²) in [5, 5.41) is 1.05. The third kappa shape index (κ3) is 3.96. The minimum absolute atomic E-state index is 0.0929. The Kier molecular flexibility index (Phi) is 5.51. The fourth-order valence-electron chi connectivity index (χ4n) is 3.01. The van der Waals surface area contributed by atoms with Gasteiger partial charge in [0, 0.05) is 17.5 Å². The first kappa shape index (κ1) is 17.0. The summed E-state index contributed by atoms with van der Waals surface area (Å²) < 4.78 is 5.61. The number of nitrogens with zero attached hydrogens (tertiary/aromatic N) is 2. The number of carbonyl (C=O) groups excluding carboxylic acids is 1. The van der Waals surface area contributed by atoms with Gasteiger partial charge >= 0.3 is 0 Å². The fourth-order valence-corrected chi connectivity index (χ4v) is 4.22. The molecule has 1 aliphatic carbocycles. The largest absolute Gasteiger partial charge is 0.494 e. The Bertz CT molecular complexity index is 688.